The number of carbonyl (C=O) groups is 3. The SMILES string of the molecule is CC(=O)N1CCN(C(=O)c2cccc(C(=O)N3CCCCCC3)c2)CC1. The van der Waals surface area contributed by atoms with Crippen LogP contribution in [0.25, 0.3) is 0 Å². The van der Waals surface area contributed by atoms with E-state index in [0.29, 0.717) is 37.3 Å². The van der Waals surface area contributed by atoms with E-state index < -0.39 is 0 Å². The van der Waals surface area contributed by atoms with Gasteiger partial charge in [-0.05, 0) is 31.0 Å². The Labute approximate surface area is 154 Å². The Bertz CT molecular complexity index is 673. The Kier molecular flexibility index (Phi) is 5.91. The van der Waals surface area contributed by atoms with Crippen LogP contribution < -0.4 is 0 Å². The number of likely N-dealkylation sites (tertiary alicyclic amines) is 1. The molecule has 2 fully saturated rings. The highest BCUT2D eigenvalue weighted by atomic mass is 16.2. The number of piperazine rings is 1. The minimum atomic E-state index is -0.0706. The second kappa shape index (κ2) is 8.34. The van der Waals surface area contributed by atoms with Crippen LogP contribution in [0, 0.1) is 0 Å². The predicted octanol–water partition coefficient (Wildman–Crippen LogP) is 2.01. The lowest BCUT2D eigenvalue weighted by Crippen LogP contribution is -2.50. The Balaban J connectivity index is 1.67. The van der Waals surface area contributed by atoms with E-state index in [1.165, 1.54) is 12.8 Å². The zero-order valence-electron chi connectivity index (χ0n) is 15.4. The van der Waals surface area contributed by atoms with Gasteiger partial charge in [0.1, 0.15) is 0 Å². The van der Waals surface area contributed by atoms with Crippen LogP contribution in [0.5, 0.6) is 0 Å². The standard InChI is InChI=1S/C20H27N3O3/c1-16(24)21-11-13-23(14-12-21)20(26)18-8-6-7-17(15-18)19(25)22-9-4-2-3-5-10-22/h6-8,15H,2-5,9-14H2,1H3. The summed E-state index contributed by atoms with van der Waals surface area (Å²) in [4.78, 5) is 42.4. The molecule has 0 N–H and O–H groups in total. The first kappa shape index (κ1) is 18.4. The molecule has 2 heterocycles. The second-order valence-electron chi connectivity index (χ2n) is 7.09. The number of hydrogen-bond donors (Lipinski definition) is 0. The van der Waals surface area contributed by atoms with Crippen LogP contribution in [0.3, 0.4) is 0 Å². The quantitative estimate of drug-likeness (QED) is 0.813. The molecule has 3 amide bonds. The van der Waals surface area contributed by atoms with Gasteiger partial charge >= 0.3 is 0 Å². The summed E-state index contributed by atoms with van der Waals surface area (Å²) in [6, 6.07) is 7.05. The van der Waals surface area contributed by atoms with Crippen molar-refractivity contribution in [2.45, 2.75) is 32.6 Å². The van der Waals surface area contributed by atoms with Gasteiger partial charge in [0.05, 0.1) is 0 Å². The zero-order chi connectivity index (χ0) is 18.5. The van der Waals surface area contributed by atoms with Gasteiger partial charge in [-0.15, -0.1) is 0 Å². The van der Waals surface area contributed by atoms with E-state index in [1.54, 1.807) is 41.0 Å². The third-order valence-electron chi connectivity index (χ3n) is 5.26. The summed E-state index contributed by atoms with van der Waals surface area (Å²) in [7, 11) is 0. The van der Waals surface area contributed by atoms with E-state index in [2.05, 4.69) is 0 Å². The smallest absolute Gasteiger partial charge is 0.253 e. The molecular formula is C20H27N3O3. The highest BCUT2D eigenvalue weighted by Gasteiger charge is 2.24. The monoisotopic (exact) mass is 357 g/mol. The summed E-state index contributed by atoms with van der Waals surface area (Å²) in [5.74, 6) is -0.0104. The lowest BCUT2D eigenvalue weighted by molar-refractivity contribution is -0.130. The summed E-state index contributed by atoms with van der Waals surface area (Å²) in [5, 5.41) is 0. The summed E-state index contributed by atoms with van der Waals surface area (Å²) in [5.41, 5.74) is 1.13. The molecule has 6 nitrogen and oxygen atoms in total. The van der Waals surface area contributed by atoms with Crippen molar-refractivity contribution >= 4 is 17.7 Å². The van der Waals surface area contributed by atoms with Crippen molar-refractivity contribution < 1.29 is 14.4 Å². The largest absolute Gasteiger partial charge is 0.339 e. The zero-order valence-corrected chi connectivity index (χ0v) is 15.4. The van der Waals surface area contributed by atoms with E-state index in [0.717, 1.165) is 25.9 Å². The van der Waals surface area contributed by atoms with Crippen LogP contribution in [0.15, 0.2) is 24.3 Å². The van der Waals surface area contributed by atoms with Gasteiger partial charge in [-0.2, -0.15) is 0 Å². The van der Waals surface area contributed by atoms with Crippen molar-refractivity contribution in [3.63, 3.8) is 0 Å². The van der Waals surface area contributed by atoms with Crippen molar-refractivity contribution in [2.75, 3.05) is 39.3 Å². The van der Waals surface area contributed by atoms with Crippen LogP contribution in [0.1, 0.15) is 53.3 Å². The average molecular weight is 357 g/mol. The minimum absolute atomic E-state index is 0.0166. The van der Waals surface area contributed by atoms with E-state index in [-0.39, 0.29) is 17.7 Å². The molecule has 0 aliphatic carbocycles. The van der Waals surface area contributed by atoms with Crippen LogP contribution >= 0.6 is 0 Å². The van der Waals surface area contributed by atoms with Crippen LogP contribution in [-0.4, -0.2) is 71.7 Å². The van der Waals surface area contributed by atoms with Crippen molar-refractivity contribution in [1.82, 2.24) is 14.7 Å². The van der Waals surface area contributed by atoms with Crippen molar-refractivity contribution in [3.8, 4) is 0 Å². The lowest BCUT2D eigenvalue weighted by atomic mass is 10.1. The molecule has 140 valence electrons. The number of amides is 3. The van der Waals surface area contributed by atoms with Gasteiger partial charge in [-0.25, -0.2) is 0 Å². The molecule has 0 spiro atoms. The van der Waals surface area contributed by atoms with Gasteiger partial charge in [0.25, 0.3) is 11.8 Å². The molecule has 2 aliphatic rings. The van der Waals surface area contributed by atoms with E-state index in [1.807, 2.05) is 4.90 Å². The van der Waals surface area contributed by atoms with Crippen LogP contribution in [-0.2, 0) is 4.79 Å². The highest BCUT2D eigenvalue weighted by Crippen LogP contribution is 2.16. The third-order valence-corrected chi connectivity index (χ3v) is 5.26. The summed E-state index contributed by atoms with van der Waals surface area (Å²) in [6.07, 6.45) is 4.44. The van der Waals surface area contributed by atoms with E-state index >= 15 is 0 Å². The highest BCUT2D eigenvalue weighted by molar-refractivity contribution is 5.99. The van der Waals surface area contributed by atoms with Gasteiger partial charge in [0.2, 0.25) is 5.91 Å². The van der Waals surface area contributed by atoms with Crippen LogP contribution in [0.2, 0.25) is 0 Å². The minimum Gasteiger partial charge on any atom is -0.339 e. The molecule has 0 radical (unpaired) electrons. The molecule has 6 heteroatoms. The fraction of sp³-hybridized carbons (Fsp3) is 0.550. The Hall–Kier alpha value is -2.37. The first-order valence-corrected chi connectivity index (χ1v) is 9.50. The predicted molar refractivity (Wildman–Crippen MR) is 99.0 cm³/mol. The summed E-state index contributed by atoms with van der Waals surface area (Å²) < 4.78 is 0. The molecule has 1 aromatic rings. The molecule has 26 heavy (non-hydrogen) atoms. The van der Waals surface area contributed by atoms with E-state index in [4.69, 9.17) is 0 Å². The summed E-state index contributed by atoms with van der Waals surface area (Å²) in [6.45, 7) is 5.33. The number of carbonyl (C=O) groups excluding carboxylic acids is 3. The number of hydrogen-bond acceptors (Lipinski definition) is 3. The molecule has 3 rings (SSSR count). The number of nitrogens with zero attached hydrogens (tertiary/aromatic N) is 3. The summed E-state index contributed by atoms with van der Waals surface area (Å²) >= 11 is 0. The molecule has 0 saturated carbocycles. The second-order valence-corrected chi connectivity index (χ2v) is 7.09. The molecule has 2 aliphatic heterocycles. The molecule has 1 aromatic carbocycles. The maximum atomic E-state index is 12.8. The van der Waals surface area contributed by atoms with Crippen molar-refractivity contribution in [1.29, 1.82) is 0 Å². The molecule has 2 saturated heterocycles. The van der Waals surface area contributed by atoms with Gasteiger partial charge in [0.15, 0.2) is 0 Å². The van der Waals surface area contributed by atoms with Gasteiger partial charge in [-0.1, -0.05) is 18.9 Å². The Morgan fingerprint density at radius 2 is 1.15 bits per heavy atom. The lowest BCUT2D eigenvalue weighted by Gasteiger charge is -2.34. The van der Waals surface area contributed by atoms with Gasteiger partial charge in [0, 0.05) is 57.3 Å². The van der Waals surface area contributed by atoms with Gasteiger partial charge in [-0.3, -0.25) is 14.4 Å². The third kappa shape index (κ3) is 4.23. The average Bonchev–Trinajstić information content (AvgIpc) is 2.96. The molecule has 0 atom stereocenters. The molecule has 0 aromatic heterocycles. The van der Waals surface area contributed by atoms with Crippen molar-refractivity contribution in [2.24, 2.45) is 0 Å². The maximum absolute atomic E-state index is 12.8. The van der Waals surface area contributed by atoms with Crippen LogP contribution in [0.4, 0.5) is 0 Å². The number of benzene rings is 1. The molecule has 0 bridgehead atoms. The molecule has 0 unspecified atom stereocenters. The van der Waals surface area contributed by atoms with Gasteiger partial charge < -0.3 is 14.7 Å². The fourth-order valence-electron chi connectivity index (χ4n) is 3.65. The fourth-order valence-corrected chi connectivity index (χ4v) is 3.65. The Morgan fingerprint density at radius 1 is 0.692 bits per heavy atom. The topological polar surface area (TPSA) is 60.9 Å². The number of rotatable bonds is 2. The molecular weight excluding hydrogens is 330 g/mol. The first-order chi connectivity index (χ1) is 12.6. The maximum Gasteiger partial charge on any atom is 0.253 e. The Morgan fingerprint density at radius 3 is 1.65 bits per heavy atom. The first-order valence-electron chi connectivity index (χ1n) is 9.50. The van der Waals surface area contributed by atoms with Crippen molar-refractivity contribution in [3.05, 3.63) is 35.4 Å². The van der Waals surface area contributed by atoms with E-state index in [9.17, 15) is 14.4 Å². The normalized spacial score (nSPS) is 18.4.